The highest BCUT2D eigenvalue weighted by Gasteiger charge is 2.38. The zero-order valence-electron chi connectivity index (χ0n) is 19.6. The fraction of sp³-hybridized carbons (Fsp3) is 0.333. The third-order valence-electron chi connectivity index (χ3n) is 6.25. The summed E-state index contributed by atoms with van der Waals surface area (Å²) in [4.78, 5) is 2.02. The fourth-order valence-corrected chi connectivity index (χ4v) is 8.16. The Kier molecular flexibility index (Phi) is 7.53. The van der Waals surface area contributed by atoms with Gasteiger partial charge in [-0.25, -0.2) is 16.8 Å². The van der Waals surface area contributed by atoms with Crippen LogP contribution in [0.25, 0.3) is 0 Å². The predicted molar refractivity (Wildman–Crippen MR) is 139 cm³/mol. The first-order valence-corrected chi connectivity index (χ1v) is 15.4. The van der Waals surface area contributed by atoms with Gasteiger partial charge in [0.2, 0.25) is 10.0 Å². The summed E-state index contributed by atoms with van der Waals surface area (Å²) in [7, 11) is -7.31. The van der Waals surface area contributed by atoms with Crippen LogP contribution < -0.4 is 4.90 Å². The minimum atomic E-state index is -3.69. The van der Waals surface area contributed by atoms with Crippen LogP contribution in [0, 0.1) is 0 Å². The summed E-state index contributed by atoms with van der Waals surface area (Å²) in [5.74, 6) is 0.125. The standard InChI is InChI=1S/C24H29N3O5S3/c1-19(20-7-4-3-5-8-20)27(34(2,29)30)18-22-17-25(35(31,32)24-9-6-16-33-24)14-15-26(22)21-10-12-23(28)13-11-21/h3-13,16,19,22,28H,14-15,17-18H2,1-2H3/t19?,22-/m1/s1. The van der Waals surface area contributed by atoms with Gasteiger partial charge in [0.25, 0.3) is 10.0 Å². The summed E-state index contributed by atoms with van der Waals surface area (Å²) in [6.07, 6.45) is 1.18. The Morgan fingerprint density at radius 2 is 1.69 bits per heavy atom. The number of nitrogens with zero attached hydrogens (tertiary/aromatic N) is 3. The number of hydrogen-bond donors (Lipinski definition) is 1. The van der Waals surface area contributed by atoms with E-state index >= 15 is 0 Å². The molecule has 0 amide bonds. The summed E-state index contributed by atoms with van der Waals surface area (Å²) < 4.78 is 55.5. The van der Waals surface area contributed by atoms with E-state index < -0.39 is 32.1 Å². The van der Waals surface area contributed by atoms with Gasteiger partial charge < -0.3 is 10.0 Å². The van der Waals surface area contributed by atoms with Gasteiger partial charge in [0, 0.05) is 37.9 Å². The maximum Gasteiger partial charge on any atom is 0.252 e. The van der Waals surface area contributed by atoms with E-state index in [1.165, 1.54) is 26.2 Å². The molecule has 1 aromatic heterocycles. The van der Waals surface area contributed by atoms with Crippen LogP contribution in [0.4, 0.5) is 5.69 Å². The van der Waals surface area contributed by atoms with Crippen LogP contribution in [0.2, 0.25) is 0 Å². The fourth-order valence-electron chi connectivity index (χ4n) is 4.41. The molecule has 188 valence electrons. The highest BCUT2D eigenvalue weighted by molar-refractivity contribution is 7.91. The van der Waals surface area contributed by atoms with Crippen molar-refractivity contribution in [2.45, 2.75) is 23.2 Å². The van der Waals surface area contributed by atoms with Crippen molar-refractivity contribution in [3.05, 3.63) is 77.7 Å². The molecule has 0 radical (unpaired) electrons. The number of sulfonamides is 2. The van der Waals surface area contributed by atoms with Gasteiger partial charge >= 0.3 is 0 Å². The first kappa shape index (κ1) is 25.6. The second kappa shape index (κ2) is 10.3. The van der Waals surface area contributed by atoms with E-state index in [-0.39, 0.29) is 29.6 Å². The molecule has 2 heterocycles. The SMILES string of the molecule is CC(c1ccccc1)N(C[C@H]1CN(S(=O)(=O)c2cccs2)CCN1c1ccc(O)cc1)S(C)(=O)=O. The summed E-state index contributed by atoms with van der Waals surface area (Å²) in [5, 5.41) is 11.5. The van der Waals surface area contributed by atoms with Gasteiger partial charge in [0.1, 0.15) is 9.96 Å². The maximum atomic E-state index is 13.3. The van der Waals surface area contributed by atoms with Gasteiger partial charge in [0.05, 0.1) is 12.3 Å². The van der Waals surface area contributed by atoms with Crippen molar-refractivity contribution >= 4 is 37.1 Å². The molecule has 1 saturated heterocycles. The lowest BCUT2D eigenvalue weighted by Gasteiger charge is -2.44. The second-order valence-electron chi connectivity index (χ2n) is 8.58. The monoisotopic (exact) mass is 535 g/mol. The average molecular weight is 536 g/mol. The number of phenols is 1. The molecule has 0 aliphatic carbocycles. The summed E-state index contributed by atoms with van der Waals surface area (Å²) in [6, 6.07) is 18.5. The van der Waals surface area contributed by atoms with E-state index in [0.29, 0.717) is 6.54 Å². The van der Waals surface area contributed by atoms with Crippen molar-refractivity contribution in [2.75, 3.05) is 37.3 Å². The highest BCUT2D eigenvalue weighted by Crippen LogP contribution is 2.30. The molecule has 1 unspecified atom stereocenters. The van der Waals surface area contributed by atoms with Crippen LogP contribution in [-0.2, 0) is 20.0 Å². The van der Waals surface area contributed by atoms with Gasteiger partial charge in [-0.1, -0.05) is 36.4 Å². The van der Waals surface area contributed by atoms with Crippen LogP contribution in [-0.4, -0.2) is 69.0 Å². The van der Waals surface area contributed by atoms with Crippen LogP contribution in [0.5, 0.6) is 5.75 Å². The molecule has 1 fully saturated rings. The Labute approximate surface area is 211 Å². The number of aromatic hydroxyl groups is 1. The molecule has 2 aromatic carbocycles. The molecule has 2 atom stereocenters. The molecular weight excluding hydrogens is 506 g/mol. The Bertz CT molecular complexity index is 1330. The van der Waals surface area contributed by atoms with E-state index in [9.17, 15) is 21.9 Å². The van der Waals surface area contributed by atoms with Gasteiger partial charge in [-0.05, 0) is 48.2 Å². The molecule has 1 N–H and O–H groups in total. The van der Waals surface area contributed by atoms with Gasteiger partial charge in [-0.3, -0.25) is 0 Å². The van der Waals surface area contributed by atoms with E-state index in [2.05, 4.69) is 0 Å². The first-order chi connectivity index (χ1) is 16.6. The smallest absolute Gasteiger partial charge is 0.252 e. The topological polar surface area (TPSA) is 98.2 Å². The number of thiophene rings is 1. The summed E-state index contributed by atoms with van der Waals surface area (Å²) in [5.41, 5.74) is 1.65. The lowest BCUT2D eigenvalue weighted by Crippen LogP contribution is -2.59. The maximum absolute atomic E-state index is 13.3. The Morgan fingerprint density at radius 1 is 1.00 bits per heavy atom. The highest BCUT2D eigenvalue weighted by atomic mass is 32.2. The Balaban J connectivity index is 1.69. The molecular formula is C24H29N3O5S3. The normalized spacial score (nSPS) is 18.6. The molecule has 4 rings (SSSR count). The molecule has 8 nitrogen and oxygen atoms in total. The quantitative estimate of drug-likeness (QED) is 0.475. The predicted octanol–water partition coefficient (Wildman–Crippen LogP) is 3.36. The van der Waals surface area contributed by atoms with E-state index in [0.717, 1.165) is 11.3 Å². The molecule has 1 aliphatic rings. The van der Waals surface area contributed by atoms with Crippen LogP contribution in [0.15, 0.2) is 76.3 Å². The number of piperazine rings is 1. The molecule has 0 spiro atoms. The largest absolute Gasteiger partial charge is 0.508 e. The molecule has 35 heavy (non-hydrogen) atoms. The molecule has 0 bridgehead atoms. The van der Waals surface area contributed by atoms with Crippen molar-refractivity contribution in [2.24, 2.45) is 0 Å². The minimum Gasteiger partial charge on any atom is -0.508 e. The van der Waals surface area contributed by atoms with Crippen molar-refractivity contribution < 1.29 is 21.9 Å². The third kappa shape index (κ3) is 5.70. The van der Waals surface area contributed by atoms with E-state index in [4.69, 9.17) is 0 Å². The van der Waals surface area contributed by atoms with Crippen LogP contribution in [0.3, 0.4) is 0 Å². The molecule has 0 saturated carbocycles. The van der Waals surface area contributed by atoms with Crippen molar-refractivity contribution in [1.29, 1.82) is 0 Å². The number of hydrogen-bond acceptors (Lipinski definition) is 7. The third-order valence-corrected chi connectivity index (χ3v) is 10.8. The van der Waals surface area contributed by atoms with Gasteiger partial charge in [-0.15, -0.1) is 11.3 Å². The Hall–Kier alpha value is -2.44. The first-order valence-electron chi connectivity index (χ1n) is 11.2. The summed E-state index contributed by atoms with van der Waals surface area (Å²) >= 11 is 1.17. The number of anilines is 1. The van der Waals surface area contributed by atoms with Gasteiger partial charge in [0.15, 0.2) is 0 Å². The zero-order valence-corrected chi connectivity index (χ0v) is 22.0. The zero-order chi connectivity index (χ0) is 25.2. The van der Waals surface area contributed by atoms with Crippen LogP contribution in [0.1, 0.15) is 18.5 Å². The molecule has 3 aromatic rings. The van der Waals surface area contributed by atoms with Crippen molar-refractivity contribution in [3.63, 3.8) is 0 Å². The minimum absolute atomic E-state index is 0.103. The van der Waals surface area contributed by atoms with E-state index in [1.807, 2.05) is 42.2 Å². The average Bonchev–Trinajstić information content (AvgIpc) is 3.38. The van der Waals surface area contributed by atoms with E-state index in [1.54, 1.807) is 41.8 Å². The second-order valence-corrected chi connectivity index (χ2v) is 13.6. The molecule has 11 heteroatoms. The lowest BCUT2D eigenvalue weighted by atomic mass is 10.1. The number of benzene rings is 2. The Morgan fingerprint density at radius 3 is 2.29 bits per heavy atom. The van der Waals surface area contributed by atoms with Crippen molar-refractivity contribution in [3.8, 4) is 5.75 Å². The van der Waals surface area contributed by atoms with Crippen molar-refractivity contribution in [1.82, 2.24) is 8.61 Å². The summed E-state index contributed by atoms with van der Waals surface area (Å²) in [6.45, 7) is 2.73. The van der Waals surface area contributed by atoms with Gasteiger partial charge in [-0.2, -0.15) is 8.61 Å². The molecule has 1 aliphatic heterocycles. The number of phenolic OH excluding ortho intramolecular Hbond substituents is 1. The number of rotatable bonds is 8. The lowest BCUT2D eigenvalue weighted by molar-refractivity contribution is 0.265. The van der Waals surface area contributed by atoms with Crippen LogP contribution >= 0.6 is 11.3 Å².